The second kappa shape index (κ2) is 6.73. The van der Waals surface area contributed by atoms with Crippen LogP contribution in [0.2, 0.25) is 0 Å². The monoisotopic (exact) mass is 254 g/mol. The summed E-state index contributed by atoms with van der Waals surface area (Å²) in [5.74, 6) is -1.90. The van der Waals surface area contributed by atoms with Gasteiger partial charge in [-0.15, -0.1) is 0 Å². The highest BCUT2D eigenvalue weighted by atomic mass is 17.1. The summed E-state index contributed by atoms with van der Waals surface area (Å²) < 4.78 is 0. The normalized spacial score (nSPS) is 9.94. The van der Waals surface area contributed by atoms with E-state index in [-0.39, 0.29) is 11.1 Å². The van der Waals surface area contributed by atoms with Crippen molar-refractivity contribution >= 4 is 11.9 Å². The second-order valence-corrected chi connectivity index (χ2v) is 3.69. The van der Waals surface area contributed by atoms with Gasteiger partial charge in [-0.3, -0.25) is 9.78 Å². The molecule has 0 heterocycles. The van der Waals surface area contributed by atoms with Crippen molar-refractivity contribution in [2.45, 2.75) is 26.2 Å². The maximum atomic E-state index is 11.4. The van der Waals surface area contributed by atoms with Crippen molar-refractivity contribution in [2.75, 3.05) is 0 Å². The van der Waals surface area contributed by atoms with E-state index in [1.807, 2.05) is 6.92 Å². The van der Waals surface area contributed by atoms with E-state index in [1.165, 1.54) is 18.2 Å². The molecule has 18 heavy (non-hydrogen) atoms. The van der Waals surface area contributed by atoms with E-state index >= 15 is 0 Å². The first kappa shape index (κ1) is 14.1. The minimum Gasteiger partial charge on any atom is -0.295 e. The van der Waals surface area contributed by atoms with E-state index < -0.39 is 11.9 Å². The van der Waals surface area contributed by atoms with Gasteiger partial charge in [-0.05, 0) is 30.5 Å². The Morgan fingerprint density at radius 2 is 1.61 bits per heavy atom. The van der Waals surface area contributed by atoms with Gasteiger partial charge in [0.2, 0.25) is 0 Å². The lowest BCUT2D eigenvalue weighted by Crippen LogP contribution is -2.13. The van der Waals surface area contributed by atoms with Crippen LogP contribution < -0.4 is 0 Å². The Labute approximate surface area is 104 Å². The van der Waals surface area contributed by atoms with Crippen molar-refractivity contribution in [3.05, 3.63) is 34.9 Å². The number of benzene rings is 1. The Bertz CT molecular complexity index is 406. The average Bonchev–Trinajstić information content (AvgIpc) is 2.42. The van der Waals surface area contributed by atoms with Crippen LogP contribution in [0.25, 0.3) is 0 Å². The fraction of sp³-hybridized carbons (Fsp3) is 0.333. The van der Waals surface area contributed by atoms with Gasteiger partial charge >= 0.3 is 11.9 Å². The van der Waals surface area contributed by atoms with Crippen molar-refractivity contribution in [3.63, 3.8) is 0 Å². The van der Waals surface area contributed by atoms with E-state index in [1.54, 1.807) is 0 Å². The van der Waals surface area contributed by atoms with Gasteiger partial charge in [-0.2, -0.15) is 10.5 Å². The van der Waals surface area contributed by atoms with Crippen LogP contribution in [0.5, 0.6) is 0 Å². The molecular formula is C12H14O6. The Kier molecular flexibility index (Phi) is 5.29. The van der Waals surface area contributed by atoms with Gasteiger partial charge < -0.3 is 0 Å². The molecule has 0 aliphatic heterocycles. The van der Waals surface area contributed by atoms with Crippen LogP contribution in [0.15, 0.2) is 18.2 Å². The molecule has 0 saturated heterocycles. The first-order chi connectivity index (χ1) is 8.65. The van der Waals surface area contributed by atoms with E-state index in [0.717, 1.165) is 12.8 Å². The zero-order valence-electron chi connectivity index (χ0n) is 9.88. The number of carbonyl (C=O) groups is 2. The molecule has 0 fully saturated rings. The van der Waals surface area contributed by atoms with Crippen molar-refractivity contribution in [2.24, 2.45) is 0 Å². The average molecular weight is 254 g/mol. The van der Waals surface area contributed by atoms with E-state index in [4.69, 9.17) is 10.5 Å². The van der Waals surface area contributed by atoms with Crippen molar-refractivity contribution < 1.29 is 29.9 Å². The predicted molar refractivity (Wildman–Crippen MR) is 61.1 cm³/mol. The first-order valence-electron chi connectivity index (χ1n) is 5.49. The SMILES string of the molecule is CCCCc1c(C(=O)OO)cccc1C(=O)OO. The molecule has 1 aromatic carbocycles. The van der Waals surface area contributed by atoms with Gasteiger partial charge in [-0.25, -0.2) is 9.59 Å². The maximum Gasteiger partial charge on any atom is 0.373 e. The Balaban J connectivity index is 3.25. The molecule has 2 N–H and O–H groups in total. The highest BCUT2D eigenvalue weighted by Crippen LogP contribution is 2.19. The molecule has 0 atom stereocenters. The molecule has 1 rings (SSSR count). The molecule has 0 bridgehead atoms. The summed E-state index contributed by atoms with van der Waals surface area (Å²) in [4.78, 5) is 30.1. The van der Waals surface area contributed by atoms with E-state index in [2.05, 4.69) is 9.78 Å². The molecule has 98 valence electrons. The van der Waals surface area contributed by atoms with Crippen LogP contribution in [-0.4, -0.2) is 22.5 Å². The predicted octanol–water partition coefficient (Wildman–Crippen LogP) is 2.29. The summed E-state index contributed by atoms with van der Waals surface area (Å²) in [5, 5.41) is 16.8. The highest BCUT2D eigenvalue weighted by molar-refractivity contribution is 5.97. The minimum atomic E-state index is -0.950. The molecule has 0 radical (unpaired) electrons. The number of hydrogen-bond donors (Lipinski definition) is 2. The molecule has 0 spiro atoms. The van der Waals surface area contributed by atoms with E-state index in [0.29, 0.717) is 12.0 Å². The summed E-state index contributed by atoms with van der Waals surface area (Å²) in [6.45, 7) is 1.96. The fourth-order valence-corrected chi connectivity index (χ4v) is 1.69. The van der Waals surface area contributed by atoms with E-state index in [9.17, 15) is 9.59 Å². The molecule has 1 aromatic rings. The smallest absolute Gasteiger partial charge is 0.295 e. The zero-order chi connectivity index (χ0) is 13.5. The molecular weight excluding hydrogens is 240 g/mol. The van der Waals surface area contributed by atoms with Crippen molar-refractivity contribution in [3.8, 4) is 0 Å². The standard InChI is InChI=1S/C12H14O6/c1-2-3-5-8-9(11(13)17-15)6-4-7-10(8)12(14)18-16/h4,6-7,15-16H,2-3,5H2,1H3. The lowest BCUT2D eigenvalue weighted by Gasteiger charge is -2.10. The van der Waals surface area contributed by atoms with Crippen LogP contribution in [0, 0.1) is 0 Å². The third kappa shape index (κ3) is 3.06. The molecule has 0 aliphatic rings. The van der Waals surface area contributed by atoms with Gasteiger partial charge in [0.1, 0.15) is 0 Å². The van der Waals surface area contributed by atoms with Crippen molar-refractivity contribution in [1.82, 2.24) is 0 Å². The van der Waals surface area contributed by atoms with Crippen LogP contribution in [-0.2, 0) is 16.2 Å². The van der Waals surface area contributed by atoms with Gasteiger partial charge in [0, 0.05) is 0 Å². The fourth-order valence-electron chi connectivity index (χ4n) is 1.69. The Morgan fingerprint density at radius 1 is 1.11 bits per heavy atom. The Hall–Kier alpha value is -1.92. The van der Waals surface area contributed by atoms with Crippen LogP contribution in [0.1, 0.15) is 46.0 Å². The number of hydrogen-bond acceptors (Lipinski definition) is 6. The summed E-state index contributed by atoms with van der Waals surface area (Å²) in [6.07, 6.45) is 2.03. The van der Waals surface area contributed by atoms with Gasteiger partial charge in [0.05, 0.1) is 11.1 Å². The summed E-state index contributed by atoms with van der Waals surface area (Å²) in [7, 11) is 0. The molecule has 0 amide bonds. The quantitative estimate of drug-likeness (QED) is 0.618. The zero-order valence-corrected chi connectivity index (χ0v) is 9.88. The largest absolute Gasteiger partial charge is 0.373 e. The lowest BCUT2D eigenvalue weighted by molar-refractivity contribution is -0.183. The van der Waals surface area contributed by atoms with Gasteiger partial charge in [-0.1, -0.05) is 19.4 Å². The minimum absolute atomic E-state index is 0.0776. The summed E-state index contributed by atoms with van der Waals surface area (Å²) >= 11 is 0. The lowest BCUT2D eigenvalue weighted by atomic mass is 9.96. The molecule has 0 unspecified atom stereocenters. The highest BCUT2D eigenvalue weighted by Gasteiger charge is 2.20. The van der Waals surface area contributed by atoms with Crippen LogP contribution in [0.4, 0.5) is 0 Å². The Morgan fingerprint density at radius 3 is 2.00 bits per heavy atom. The number of unbranched alkanes of at least 4 members (excludes halogenated alkanes) is 1. The van der Waals surface area contributed by atoms with Gasteiger partial charge in [0.15, 0.2) is 0 Å². The third-order valence-electron chi connectivity index (χ3n) is 2.56. The molecule has 0 aliphatic carbocycles. The maximum absolute atomic E-state index is 11.4. The third-order valence-corrected chi connectivity index (χ3v) is 2.56. The second-order valence-electron chi connectivity index (χ2n) is 3.69. The van der Waals surface area contributed by atoms with Crippen molar-refractivity contribution in [1.29, 1.82) is 0 Å². The molecule has 0 aromatic heterocycles. The summed E-state index contributed by atoms with van der Waals surface area (Å²) in [5.41, 5.74) is 0.542. The summed E-state index contributed by atoms with van der Waals surface area (Å²) in [6, 6.07) is 4.29. The van der Waals surface area contributed by atoms with Crippen LogP contribution >= 0.6 is 0 Å². The van der Waals surface area contributed by atoms with Crippen LogP contribution in [0.3, 0.4) is 0 Å². The van der Waals surface area contributed by atoms with Gasteiger partial charge in [0.25, 0.3) is 0 Å². The first-order valence-corrected chi connectivity index (χ1v) is 5.49. The topological polar surface area (TPSA) is 93.1 Å². The number of carbonyl (C=O) groups excluding carboxylic acids is 2. The molecule has 6 heteroatoms. The molecule has 0 saturated carbocycles. The number of rotatable bonds is 5. The molecule has 6 nitrogen and oxygen atoms in total.